The fourth-order valence-corrected chi connectivity index (χ4v) is 2.44. The van der Waals surface area contributed by atoms with Crippen molar-refractivity contribution >= 4 is 23.2 Å². The Morgan fingerprint density at radius 1 is 1.41 bits per heavy atom. The maximum absolute atomic E-state index is 12.0. The zero-order chi connectivity index (χ0) is 13.0. The summed E-state index contributed by atoms with van der Waals surface area (Å²) < 4.78 is 4.80. The molecule has 0 saturated heterocycles. The van der Waals surface area contributed by atoms with E-state index in [-0.39, 0.29) is 18.4 Å². The highest BCUT2D eigenvalue weighted by atomic mass is 32.1. The van der Waals surface area contributed by atoms with E-state index in [9.17, 15) is 9.59 Å². The van der Waals surface area contributed by atoms with Crippen molar-refractivity contribution in [1.29, 1.82) is 0 Å². The van der Waals surface area contributed by atoms with Gasteiger partial charge in [-0.25, -0.2) is 0 Å². The molecule has 1 amide bonds. The number of carbonyl (C=O) groups is 2. The molecule has 4 nitrogen and oxygen atoms in total. The SMILES string of the molecule is CCOC(=O)CN(C)C(=O)c1cc(C)sc1C. The van der Waals surface area contributed by atoms with Gasteiger partial charge in [-0.3, -0.25) is 9.59 Å². The van der Waals surface area contributed by atoms with E-state index < -0.39 is 0 Å². The highest BCUT2D eigenvalue weighted by Gasteiger charge is 2.18. The van der Waals surface area contributed by atoms with Crippen molar-refractivity contribution in [3.05, 3.63) is 21.4 Å². The molecule has 1 aromatic heterocycles. The first-order chi connectivity index (χ1) is 7.95. The van der Waals surface area contributed by atoms with E-state index in [1.54, 1.807) is 25.3 Å². The van der Waals surface area contributed by atoms with E-state index in [2.05, 4.69) is 0 Å². The van der Waals surface area contributed by atoms with Gasteiger partial charge in [0, 0.05) is 16.8 Å². The molecule has 1 heterocycles. The summed E-state index contributed by atoms with van der Waals surface area (Å²) in [7, 11) is 1.60. The van der Waals surface area contributed by atoms with Crippen molar-refractivity contribution in [3.8, 4) is 0 Å². The number of thiophene rings is 1. The van der Waals surface area contributed by atoms with Gasteiger partial charge < -0.3 is 9.64 Å². The summed E-state index contributed by atoms with van der Waals surface area (Å²) in [6.07, 6.45) is 0. The van der Waals surface area contributed by atoms with Gasteiger partial charge in [0.15, 0.2) is 0 Å². The number of ether oxygens (including phenoxy) is 1. The maximum atomic E-state index is 12.0. The molecule has 0 aromatic carbocycles. The second kappa shape index (κ2) is 5.82. The molecule has 0 fully saturated rings. The molecule has 0 N–H and O–H groups in total. The lowest BCUT2D eigenvalue weighted by atomic mass is 10.2. The predicted octanol–water partition coefficient (Wildman–Crippen LogP) is 2.00. The fraction of sp³-hybridized carbons (Fsp3) is 0.500. The molecule has 1 aromatic rings. The first-order valence-corrected chi connectivity index (χ1v) is 6.25. The number of carbonyl (C=O) groups excluding carboxylic acids is 2. The molecule has 5 heteroatoms. The van der Waals surface area contributed by atoms with E-state index in [1.165, 1.54) is 4.90 Å². The van der Waals surface area contributed by atoms with Crippen LogP contribution in [0.25, 0.3) is 0 Å². The molecule has 17 heavy (non-hydrogen) atoms. The van der Waals surface area contributed by atoms with Crippen molar-refractivity contribution in [2.75, 3.05) is 20.2 Å². The van der Waals surface area contributed by atoms with E-state index in [1.807, 2.05) is 19.9 Å². The maximum Gasteiger partial charge on any atom is 0.325 e. The molecule has 0 unspecified atom stereocenters. The number of nitrogens with zero attached hydrogens (tertiary/aromatic N) is 1. The minimum absolute atomic E-state index is 0.0129. The van der Waals surface area contributed by atoms with Crippen LogP contribution < -0.4 is 0 Å². The standard InChI is InChI=1S/C12H17NO3S/c1-5-16-11(14)7-13(4)12(15)10-6-8(2)17-9(10)3/h6H,5,7H2,1-4H3. The van der Waals surface area contributed by atoms with Gasteiger partial charge in [-0.05, 0) is 26.8 Å². The number of hydrogen-bond donors (Lipinski definition) is 0. The quantitative estimate of drug-likeness (QED) is 0.773. The lowest BCUT2D eigenvalue weighted by molar-refractivity contribution is -0.143. The number of likely N-dealkylation sites (N-methyl/N-ethyl adjacent to an activating group) is 1. The molecule has 0 aliphatic rings. The number of esters is 1. The Morgan fingerprint density at radius 2 is 2.06 bits per heavy atom. The van der Waals surface area contributed by atoms with Crippen LogP contribution in [0.2, 0.25) is 0 Å². The van der Waals surface area contributed by atoms with Gasteiger partial charge in [0.2, 0.25) is 0 Å². The minimum Gasteiger partial charge on any atom is -0.465 e. The summed E-state index contributed by atoms with van der Waals surface area (Å²) in [5, 5.41) is 0. The van der Waals surface area contributed by atoms with Gasteiger partial charge in [-0.15, -0.1) is 11.3 Å². The Labute approximate surface area is 105 Å². The lowest BCUT2D eigenvalue weighted by Crippen LogP contribution is -2.33. The largest absolute Gasteiger partial charge is 0.465 e. The average molecular weight is 255 g/mol. The van der Waals surface area contributed by atoms with Crippen molar-refractivity contribution < 1.29 is 14.3 Å². The molecule has 0 saturated carbocycles. The van der Waals surface area contributed by atoms with Crippen molar-refractivity contribution in [2.45, 2.75) is 20.8 Å². The number of aryl methyl sites for hydroxylation is 2. The minimum atomic E-state index is -0.382. The first kappa shape index (κ1) is 13.7. The van der Waals surface area contributed by atoms with Gasteiger partial charge in [-0.2, -0.15) is 0 Å². The Kier molecular flexibility index (Phi) is 4.69. The smallest absolute Gasteiger partial charge is 0.325 e. The summed E-state index contributed by atoms with van der Waals surface area (Å²) in [6, 6.07) is 1.85. The second-order valence-electron chi connectivity index (χ2n) is 3.79. The first-order valence-electron chi connectivity index (χ1n) is 5.43. The van der Waals surface area contributed by atoms with Crippen LogP contribution in [0.1, 0.15) is 27.0 Å². The van der Waals surface area contributed by atoms with E-state index in [0.29, 0.717) is 12.2 Å². The van der Waals surface area contributed by atoms with Crippen LogP contribution in [0.15, 0.2) is 6.07 Å². The second-order valence-corrected chi connectivity index (χ2v) is 5.25. The van der Waals surface area contributed by atoms with Crippen LogP contribution in [-0.4, -0.2) is 37.0 Å². The lowest BCUT2D eigenvalue weighted by Gasteiger charge is -2.15. The molecule has 0 aliphatic heterocycles. The predicted molar refractivity (Wildman–Crippen MR) is 67.4 cm³/mol. The van der Waals surface area contributed by atoms with Crippen LogP contribution in [0.5, 0.6) is 0 Å². The molecular formula is C12H17NO3S. The van der Waals surface area contributed by atoms with Crippen LogP contribution >= 0.6 is 11.3 Å². The van der Waals surface area contributed by atoms with E-state index in [0.717, 1.165) is 9.75 Å². The normalized spacial score (nSPS) is 10.1. The zero-order valence-corrected chi connectivity index (χ0v) is 11.4. The summed E-state index contributed by atoms with van der Waals surface area (Å²) in [4.78, 5) is 26.8. The van der Waals surface area contributed by atoms with Crippen LogP contribution in [-0.2, 0) is 9.53 Å². The van der Waals surface area contributed by atoms with Crippen LogP contribution in [0.3, 0.4) is 0 Å². The Bertz CT molecular complexity index is 425. The summed E-state index contributed by atoms with van der Waals surface area (Å²) in [5.74, 6) is -0.521. The number of amides is 1. The molecule has 0 atom stereocenters. The molecule has 0 bridgehead atoms. The highest BCUT2D eigenvalue weighted by Crippen LogP contribution is 2.21. The van der Waals surface area contributed by atoms with Crippen LogP contribution in [0, 0.1) is 13.8 Å². The third kappa shape index (κ3) is 3.56. The molecule has 0 aliphatic carbocycles. The van der Waals surface area contributed by atoms with Crippen molar-refractivity contribution in [2.24, 2.45) is 0 Å². The van der Waals surface area contributed by atoms with Gasteiger partial charge in [-0.1, -0.05) is 0 Å². The summed E-state index contributed by atoms with van der Waals surface area (Å²) in [5.41, 5.74) is 0.666. The van der Waals surface area contributed by atoms with Gasteiger partial charge >= 0.3 is 5.97 Å². The van der Waals surface area contributed by atoms with Gasteiger partial charge in [0.05, 0.1) is 12.2 Å². The van der Waals surface area contributed by atoms with E-state index >= 15 is 0 Å². The third-order valence-corrected chi connectivity index (χ3v) is 3.26. The fourth-order valence-electron chi connectivity index (χ4n) is 1.52. The molecule has 0 spiro atoms. The molecular weight excluding hydrogens is 238 g/mol. The number of hydrogen-bond acceptors (Lipinski definition) is 4. The average Bonchev–Trinajstić information content (AvgIpc) is 2.56. The monoisotopic (exact) mass is 255 g/mol. The van der Waals surface area contributed by atoms with Gasteiger partial charge in [0.25, 0.3) is 5.91 Å². The van der Waals surface area contributed by atoms with Crippen molar-refractivity contribution in [3.63, 3.8) is 0 Å². The molecule has 0 radical (unpaired) electrons. The molecule has 94 valence electrons. The summed E-state index contributed by atoms with van der Waals surface area (Å²) >= 11 is 1.58. The Morgan fingerprint density at radius 3 is 2.53 bits per heavy atom. The number of rotatable bonds is 4. The Hall–Kier alpha value is -1.36. The van der Waals surface area contributed by atoms with Crippen molar-refractivity contribution in [1.82, 2.24) is 4.90 Å². The summed E-state index contributed by atoms with van der Waals surface area (Å²) in [6.45, 7) is 5.92. The molecule has 1 rings (SSSR count). The van der Waals surface area contributed by atoms with Crippen LogP contribution in [0.4, 0.5) is 0 Å². The highest BCUT2D eigenvalue weighted by molar-refractivity contribution is 7.12. The Balaban J connectivity index is 2.70. The zero-order valence-electron chi connectivity index (χ0n) is 10.6. The van der Waals surface area contributed by atoms with E-state index in [4.69, 9.17) is 4.74 Å². The van der Waals surface area contributed by atoms with Gasteiger partial charge in [0.1, 0.15) is 6.54 Å². The third-order valence-electron chi connectivity index (χ3n) is 2.29. The topological polar surface area (TPSA) is 46.6 Å².